The predicted octanol–water partition coefficient (Wildman–Crippen LogP) is 3.90. The Morgan fingerprint density at radius 3 is 2.95 bits per heavy atom. The molecule has 0 radical (unpaired) electrons. The lowest BCUT2D eigenvalue weighted by Crippen LogP contribution is -2.26. The molecule has 0 saturated carbocycles. The molecule has 0 saturated heterocycles. The van der Waals surface area contributed by atoms with Crippen molar-refractivity contribution in [3.8, 4) is 0 Å². The van der Waals surface area contributed by atoms with E-state index in [4.69, 9.17) is 11.6 Å². The fourth-order valence-electron chi connectivity index (χ4n) is 2.20. The van der Waals surface area contributed by atoms with Crippen LogP contribution in [0, 0.1) is 0 Å². The SMILES string of the molecule is CCCNC(Cc1ccsc1)c1c(Cl)cnn1CC. The van der Waals surface area contributed by atoms with Gasteiger partial charge in [-0.25, -0.2) is 0 Å². The number of rotatable bonds is 7. The lowest BCUT2D eigenvalue weighted by atomic mass is 10.1. The standard InChI is InChI=1S/C14H20ClN3S/c1-3-6-16-13(8-11-5-7-19-10-11)14-12(15)9-17-18(14)4-2/h5,7,9-10,13,16H,3-4,6,8H2,1-2H3. The quantitative estimate of drug-likeness (QED) is 0.840. The fraction of sp³-hybridized carbons (Fsp3) is 0.500. The zero-order valence-corrected chi connectivity index (χ0v) is 13.0. The summed E-state index contributed by atoms with van der Waals surface area (Å²) in [5.74, 6) is 0. The summed E-state index contributed by atoms with van der Waals surface area (Å²) in [5, 5.41) is 13.0. The van der Waals surface area contributed by atoms with Gasteiger partial charge in [-0.1, -0.05) is 18.5 Å². The Balaban J connectivity index is 2.23. The minimum Gasteiger partial charge on any atom is -0.308 e. The molecule has 3 nitrogen and oxygen atoms in total. The first-order valence-electron chi connectivity index (χ1n) is 6.71. The molecule has 1 atom stereocenters. The highest BCUT2D eigenvalue weighted by Crippen LogP contribution is 2.26. The van der Waals surface area contributed by atoms with E-state index in [0.717, 1.165) is 36.6 Å². The zero-order chi connectivity index (χ0) is 13.7. The number of aromatic nitrogens is 2. The van der Waals surface area contributed by atoms with Gasteiger partial charge in [0.2, 0.25) is 0 Å². The molecule has 0 aromatic carbocycles. The van der Waals surface area contributed by atoms with Crippen molar-refractivity contribution >= 4 is 22.9 Å². The summed E-state index contributed by atoms with van der Waals surface area (Å²) < 4.78 is 1.99. The lowest BCUT2D eigenvalue weighted by molar-refractivity contribution is 0.479. The van der Waals surface area contributed by atoms with Crippen molar-refractivity contribution in [1.29, 1.82) is 0 Å². The number of nitrogens with one attached hydrogen (secondary N) is 1. The molecule has 5 heteroatoms. The Morgan fingerprint density at radius 2 is 2.32 bits per heavy atom. The molecule has 0 amide bonds. The predicted molar refractivity (Wildman–Crippen MR) is 82.0 cm³/mol. The first-order valence-corrected chi connectivity index (χ1v) is 8.04. The number of nitrogens with zero attached hydrogens (tertiary/aromatic N) is 2. The smallest absolute Gasteiger partial charge is 0.0834 e. The Labute approximate surface area is 123 Å². The van der Waals surface area contributed by atoms with Crippen LogP contribution >= 0.6 is 22.9 Å². The molecule has 2 heterocycles. The Bertz CT molecular complexity index is 493. The van der Waals surface area contributed by atoms with Gasteiger partial charge in [0.05, 0.1) is 23.0 Å². The number of thiophene rings is 1. The monoisotopic (exact) mass is 297 g/mol. The van der Waals surface area contributed by atoms with Gasteiger partial charge >= 0.3 is 0 Å². The van der Waals surface area contributed by atoms with E-state index in [0.29, 0.717) is 0 Å². The Kier molecular flexibility index (Phi) is 5.43. The zero-order valence-electron chi connectivity index (χ0n) is 11.4. The van der Waals surface area contributed by atoms with Crippen LogP contribution in [-0.2, 0) is 13.0 Å². The second-order valence-corrected chi connectivity index (χ2v) is 5.72. The summed E-state index contributed by atoms with van der Waals surface area (Å²) in [4.78, 5) is 0. The van der Waals surface area contributed by atoms with Crippen LogP contribution in [0.3, 0.4) is 0 Å². The Morgan fingerprint density at radius 1 is 1.47 bits per heavy atom. The first-order chi connectivity index (χ1) is 9.26. The second-order valence-electron chi connectivity index (χ2n) is 4.54. The second kappa shape index (κ2) is 7.08. The van der Waals surface area contributed by atoms with Gasteiger partial charge in [0.1, 0.15) is 0 Å². The van der Waals surface area contributed by atoms with E-state index >= 15 is 0 Å². The average molecular weight is 298 g/mol. The van der Waals surface area contributed by atoms with Crippen molar-refractivity contribution in [2.24, 2.45) is 0 Å². The number of aryl methyl sites for hydroxylation is 1. The maximum Gasteiger partial charge on any atom is 0.0834 e. The topological polar surface area (TPSA) is 29.9 Å². The van der Waals surface area contributed by atoms with Gasteiger partial charge in [-0.3, -0.25) is 4.68 Å². The molecule has 0 aliphatic carbocycles. The highest BCUT2D eigenvalue weighted by atomic mass is 35.5. The molecular weight excluding hydrogens is 278 g/mol. The summed E-state index contributed by atoms with van der Waals surface area (Å²) in [6.45, 7) is 6.09. The molecule has 104 valence electrons. The van der Waals surface area contributed by atoms with Crippen LogP contribution in [0.2, 0.25) is 5.02 Å². The number of halogens is 1. The van der Waals surface area contributed by atoms with E-state index in [9.17, 15) is 0 Å². The molecule has 0 aliphatic heterocycles. The largest absolute Gasteiger partial charge is 0.308 e. The molecular formula is C14H20ClN3S. The van der Waals surface area contributed by atoms with Crippen LogP contribution in [0.25, 0.3) is 0 Å². The van der Waals surface area contributed by atoms with E-state index in [1.807, 2.05) is 4.68 Å². The van der Waals surface area contributed by atoms with Gasteiger partial charge < -0.3 is 5.32 Å². The average Bonchev–Trinajstić information content (AvgIpc) is 3.04. The van der Waals surface area contributed by atoms with Gasteiger partial charge in [-0.15, -0.1) is 0 Å². The van der Waals surface area contributed by atoms with Crippen LogP contribution < -0.4 is 5.32 Å². The van der Waals surface area contributed by atoms with E-state index in [1.54, 1.807) is 17.5 Å². The van der Waals surface area contributed by atoms with E-state index in [1.165, 1.54) is 5.56 Å². The van der Waals surface area contributed by atoms with Gasteiger partial charge in [-0.2, -0.15) is 16.4 Å². The van der Waals surface area contributed by atoms with Crippen molar-refractivity contribution in [3.05, 3.63) is 39.3 Å². The van der Waals surface area contributed by atoms with Crippen molar-refractivity contribution < 1.29 is 0 Å². The van der Waals surface area contributed by atoms with Crippen molar-refractivity contribution in [2.45, 2.75) is 39.3 Å². The summed E-state index contributed by atoms with van der Waals surface area (Å²) in [5.41, 5.74) is 2.45. The van der Waals surface area contributed by atoms with Crippen molar-refractivity contribution in [2.75, 3.05) is 6.54 Å². The van der Waals surface area contributed by atoms with Crippen LogP contribution in [-0.4, -0.2) is 16.3 Å². The maximum atomic E-state index is 6.32. The van der Waals surface area contributed by atoms with Gasteiger partial charge in [-0.05, 0) is 48.7 Å². The molecule has 1 N–H and O–H groups in total. The molecule has 2 aromatic heterocycles. The summed E-state index contributed by atoms with van der Waals surface area (Å²) >= 11 is 8.05. The minimum absolute atomic E-state index is 0.226. The summed E-state index contributed by atoms with van der Waals surface area (Å²) in [6, 6.07) is 2.40. The van der Waals surface area contributed by atoms with Gasteiger partial charge in [0.15, 0.2) is 0 Å². The highest BCUT2D eigenvalue weighted by Gasteiger charge is 2.19. The van der Waals surface area contributed by atoms with Gasteiger partial charge in [0, 0.05) is 6.54 Å². The normalized spacial score (nSPS) is 12.8. The van der Waals surface area contributed by atoms with Crippen molar-refractivity contribution in [3.63, 3.8) is 0 Å². The van der Waals surface area contributed by atoms with Crippen LogP contribution in [0.15, 0.2) is 23.0 Å². The third kappa shape index (κ3) is 3.59. The fourth-order valence-corrected chi connectivity index (χ4v) is 3.15. The molecule has 1 unspecified atom stereocenters. The van der Waals surface area contributed by atoms with Crippen LogP contribution in [0.4, 0.5) is 0 Å². The third-order valence-corrected chi connectivity index (χ3v) is 4.15. The number of hydrogen-bond acceptors (Lipinski definition) is 3. The third-order valence-electron chi connectivity index (χ3n) is 3.12. The van der Waals surface area contributed by atoms with Crippen LogP contribution in [0.5, 0.6) is 0 Å². The number of hydrogen-bond donors (Lipinski definition) is 1. The van der Waals surface area contributed by atoms with E-state index < -0.39 is 0 Å². The van der Waals surface area contributed by atoms with E-state index in [-0.39, 0.29) is 6.04 Å². The molecule has 0 aliphatic rings. The lowest BCUT2D eigenvalue weighted by Gasteiger charge is -2.20. The molecule has 2 rings (SSSR count). The first kappa shape index (κ1) is 14.6. The molecule has 0 spiro atoms. The highest BCUT2D eigenvalue weighted by molar-refractivity contribution is 7.07. The molecule has 19 heavy (non-hydrogen) atoms. The minimum atomic E-state index is 0.226. The molecule has 0 fully saturated rings. The Hall–Kier alpha value is -0.840. The molecule has 0 bridgehead atoms. The van der Waals surface area contributed by atoms with Crippen molar-refractivity contribution in [1.82, 2.24) is 15.1 Å². The van der Waals surface area contributed by atoms with E-state index in [2.05, 4.69) is 41.1 Å². The molecule has 2 aromatic rings. The van der Waals surface area contributed by atoms with Crippen LogP contribution in [0.1, 0.15) is 37.6 Å². The van der Waals surface area contributed by atoms with Gasteiger partial charge in [0.25, 0.3) is 0 Å². The summed E-state index contributed by atoms with van der Waals surface area (Å²) in [6.07, 6.45) is 3.81. The summed E-state index contributed by atoms with van der Waals surface area (Å²) in [7, 11) is 0. The maximum absolute atomic E-state index is 6.32.